The van der Waals surface area contributed by atoms with Crippen LogP contribution in [0, 0.1) is 0 Å². The largest absolute Gasteiger partial charge is 0.276 e. The van der Waals surface area contributed by atoms with Gasteiger partial charge in [0.15, 0.2) is 0 Å². The molecule has 1 aromatic heterocycles. The van der Waals surface area contributed by atoms with Crippen LogP contribution in [0.15, 0.2) is 41.8 Å². The molecule has 0 saturated carbocycles. The van der Waals surface area contributed by atoms with Crippen LogP contribution in [0.3, 0.4) is 0 Å². The topological polar surface area (TPSA) is 75.3 Å². The number of benzene rings is 1. The third kappa shape index (κ3) is 4.31. The number of hydrazine groups is 1. The molecular formula is C17H18N2O3S2. The molecule has 0 bridgehead atoms. The zero-order chi connectivity index (χ0) is 17.0. The Bertz CT molecular complexity index is 832. The van der Waals surface area contributed by atoms with Gasteiger partial charge in [0.2, 0.25) is 0 Å². The summed E-state index contributed by atoms with van der Waals surface area (Å²) in [6.45, 7) is 0. The smallest absolute Gasteiger partial charge is 0.273 e. The number of nitrogens with one attached hydrogen (secondary N) is 2. The molecule has 1 aromatic carbocycles. The number of carbonyl (C=O) groups is 1. The number of rotatable bonds is 5. The molecule has 0 atom stereocenters. The number of hydrogen-bond donors (Lipinski definition) is 2. The van der Waals surface area contributed by atoms with Crippen molar-refractivity contribution in [2.24, 2.45) is 0 Å². The summed E-state index contributed by atoms with van der Waals surface area (Å²) >= 11 is 1.44. The van der Waals surface area contributed by atoms with Gasteiger partial charge < -0.3 is 0 Å². The zero-order valence-corrected chi connectivity index (χ0v) is 14.6. The average molecular weight is 362 g/mol. The van der Waals surface area contributed by atoms with Gasteiger partial charge in [-0.05, 0) is 49.0 Å². The summed E-state index contributed by atoms with van der Waals surface area (Å²) in [7, 11) is -3.74. The second-order valence-corrected chi connectivity index (χ2v) is 8.28. The number of thiophene rings is 1. The normalized spacial score (nSPS) is 14.5. The Labute approximate surface area is 145 Å². The van der Waals surface area contributed by atoms with E-state index in [0.717, 1.165) is 36.7 Å². The fraction of sp³-hybridized carbons (Fsp3) is 0.235. The van der Waals surface area contributed by atoms with Crippen LogP contribution in [0.4, 0.5) is 0 Å². The maximum Gasteiger partial charge on any atom is 0.276 e. The molecule has 126 valence electrons. The Kier molecular flexibility index (Phi) is 5.13. The van der Waals surface area contributed by atoms with Crippen LogP contribution >= 0.6 is 11.3 Å². The van der Waals surface area contributed by atoms with E-state index in [0.29, 0.717) is 4.88 Å². The summed E-state index contributed by atoms with van der Waals surface area (Å²) < 4.78 is 23.8. The molecule has 24 heavy (non-hydrogen) atoms. The minimum absolute atomic E-state index is 0.425. The molecule has 1 heterocycles. The highest BCUT2D eigenvalue weighted by Gasteiger charge is 2.18. The second-order valence-electron chi connectivity index (χ2n) is 5.58. The summed E-state index contributed by atoms with van der Waals surface area (Å²) in [6.07, 6.45) is 5.75. The molecule has 2 N–H and O–H groups in total. The lowest BCUT2D eigenvalue weighted by Crippen LogP contribution is -2.40. The SMILES string of the molecule is O=C(NNS(=O)(=O)/C=C/c1ccccc1)c1cc2c(s1)CCCC2. The molecular weight excluding hydrogens is 344 g/mol. The van der Waals surface area contributed by atoms with Crippen LogP contribution in [0.2, 0.25) is 0 Å². The van der Waals surface area contributed by atoms with Crippen molar-refractivity contribution >= 4 is 33.3 Å². The van der Waals surface area contributed by atoms with Gasteiger partial charge in [-0.25, -0.2) is 8.42 Å². The van der Waals surface area contributed by atoms with E-state index in [-0.39, 0.29) is 0 Å². The quantitative estimate of drug-likeness (QED) is 0.803. The molecule has 0 spiro atoms. The number of hydrogen-bond acceptors (Lipinski definition) is 4. The predicted octanol–water partition coefficient (Wildman–Crippen LogP) is 2.86. The first kappa shape index (κ1) is 16.9. The van der Waals surface area contributed by atoms with Gasteiger partial charge in [-0.1, -0.05) is 30.3 Å². The molecule has 0 fully saturated rings. The van der Waals surface area contributed by atoms with Crippen molar-refractivity contribution in [3.63, 3.8) is 0 Å². The van der Waals surface area contributed by atoms with E-state index >= 15 is 0 Å². The van der Waals surface area contributed by atoms with Gasteiger partial charge in [0.05, 0.1) is 4.88 Å². The molecule has 1 aliphatic carbocycles. The summed E-state index contributed by atoms with van der Waals surface area (Å²) in [5.41, 5.74) is 4.24. The Morgan fingerprint density at radius 1 is 1.12 bits per heavy atom. The minimum atomic E-state index is -3.74. The minimum Gasteiger partial charge on any atom is -0.273 e. The van der Waals surface area contributed by atoms with E-state index in [2.05, 4.69) is 10.3 Å². The zero-order valence-electron chi connectivity index (χ0n) is 13.0. The van der Waals surface area contributed by atoms with E-state index in [1.54, 1.807) is 12.1 Å². The molecule has 0 unspecified atom stereocenters. The van der Waals surface area contributed by atoms with Crippen LogP contribution in [-0.2, 0) is 22.9 Å². The van der Waals surface area contributed by atoms with Gasteiger partial charge in [0, 0.05) is 10.3 Å². The van der Waals surface area contributed by atoms with E-state index in [1.165, 1.54) is 27.9 Å². The van der Waals surface area contributed by atoms with Gasteiger partial charge >= 0.3 is 0 Å². The molecule has 5 nitrogen and oxygen atoms in total. The highest BCUT2D eigenvalue weighted by molar-refractivity contribution is 7.92. The Morgan fingerprint density at radius 3 is 2.62 bits per heavy atom. The number of amides is 1. The van der Waals surface area contributed by atoms with Crippen molar-refractivity contribution in [1.29, 1.82) is 0 Å². The molecule has 1 amide bonds. The van der Waals surface area contributed by atoms with E-state index in [4.69, 9.17) is 0 Å². The first-order valence-electron chi connectivity index (χ1n) is 7.70. The predicted molar refractivity (Wildman–Crippen MR) is 96.0 cm³/mol. The van der Waals surface area contributed by atoms with Gasteiger partial charge in [0.1, 0.15) is 0 Å². The highest BCUT2D eigenvalue weighted by Crippen LogP contribution is 2.29. The molecule has 0 saturated heterocycles. The second kappa shape index (κ2) is 7.29. The molecule has 0 radical (unpaired) electrons. The Balaban J connectivity index is 1.61. The standard InChI is InChI=1S/C17H18N2O3S2/c20-17(16-12-14-8-4-5-9-15(14)23-16)18-19-24(21,22)11-10-13-6-2-1-3-7-13/h1-3,6-7,10-12,19H,4-5,8-9H2,(H,18,20)/b11-10+. The maximum absolute atomic E-state index is 12.1. The molecule has 2 aromatic rings. The molecule has 0 aliphatic heterocycles. The number of carbonyl (C=O) groups excluding carboxylic acids is 1. The number of fused-ring (bicyclic) bond motifs is 1. The Morgan fingerprint density at radius 2 is 1.88 bits per heavy atom. The van der Waals surface area contributed by atoms with Crippen LogP contribution < -0.4 is 10.3 Å². The van der Waals surface area contributed by atoms with Gasteiger partial charge in [-0.15, -0.1) is 16.2 Å². The summed E-state index contributed by atoms with van der Waals surface area (Å²) in [6, 6.07) is 10.9. The summed E-state index contributed by atoms with van der Waals surface area (Å²) in [4.78, 5) is 16.0. The monoisotopic (exact) mass is 362 g/mol. The van der Waals surface area contributed by atoms with Gasteiger partial charge in [-0.2, -0.15) is 0 Å². The van der Waals surface area contributed by atoms with E-state index in [1.807, 2.05) is 24.3 Å². The van der Waals surface area contributed by atoms with Crippen LogP contribution in [0.1, 0.15) is 38.5 Å². The Hall–Kier alpha value is -1.96. The first-order valence-corrected chi connectivity index (χ1v) is 10.1. The molecule has 1 aliphatic rings. The maximum atomic E-state index is 12.1. The van der Waals surface area contributed by atoms with Gasteiger partial charge in [-0.3, -0.25) is 10.2 Å². The average Bonchev–Trinajstić information content (AvgIpc) is 3.03. The van der Waals surface area contributed by atoms with Crippen LogP contribution in [0.25, 0.3) is 6.08 Å². The summed E-state index contributed by atoms with van der Waals surface area (Å²) in [5, 5.41) is 1.03. The fourth-order valence-corrected chi connectivity index (χ4v) is 4.34. The van der Waals surface area contributed by atoms with Crippen LogP contribution in [-0.4, -0.2) is 14.3 Å². The first-order chi connectivity index (χ1) is 11.5. The van der Waals surface area contributed by atoms with Crippen molar-refractivity contribution in [3.05, 3.63) is 62.7 Å². The summed E-state index contributed by atoms with van der Waals surface area (Å²) in [5.74, 6) is -0.425. The van der Waals surface area contributed by atoms with Gasteiger partial charge in [0.25, 0.3) is 15.9 Å². The lowest BCUT2D eigenvalue weighted by atomic mass is 9.99. The van der Waals surface area contributed by atoms with Crippen molar-refractivity contribution < 1.29 is 13.2 Å². The van der Waals surface area contributed by atoms with Crippen molar-refractivity contribution in [3.8, 4) is 0 Å². The molecule has 7 heteroatoms. The van der Waals surface area contributed by atoms with Crippen molar-refractivity contribution in [1.82, 2.24) is 10.3 Å². The third-order valence-corrected chi connectivity index (χ3v) is 5.88. The number of aryl methyl sites for hydroxylation is 2. The number of sulfonamides is 1. The molecule has 3 rings (SSSR count). The lowest BCUT2D eigenvalue weighted by molar-refractivity contribution is 0.0949. The highest BCUT2D eigenvalue weighted by atomic mass is 32.2. The fourth-order valence-electron chi connectivity index (χ4n) is 2.55. The lowest BCUT2D eigenvalue weighted by Gasteiger charge is -2.08. The van der Waals surface area contributed by atoms with Crippen molar-refractivity contribution in [2.75, 3.05) is 0 Å². The third-order valence-electron chi connectivity index (χ3n) is 3.77. The van der Waals surface area contributed by atoms with E-state index < -0.39 is 15.9 Å². The van der Waals surface area contributed by atoms with E-state index in [9.17, 15) is 13.2 Å². The van der Waals surface area contributed by atoms with Crippen LogP contribution in [0.5, 0.6) is 0 Å². The van der Waals surface area contributed by atoms with Crippen molar-refractivity contribution in [2.45, 2.75) is 25.7 Å².